The Labute approximate surface area is 91.6 Å². The highest BCUT2D eigenvalue weighted by Gasteiger charge is 2.66. The molecular formula is C11H19BO3. The van der Waals surface area contributed by atoms with E-state index < -0.39 is 0 Å². The molecular weight excluding hydrogens is 191 g/mol. The third-order valence-electron chi connectivity index (χ3n) is 4.60. The first-order valence-corrected chi connectivity index (χ1v) is 5.86. The fourth-order valence-corrected chi connectivity index (χ4v) is 2.73. The van der Waals surface area contributed by atoms with Gasteiger partial charge in [-0.25, -0.2) is 0 Å². The van der Waals surface area contributed by atoms with Crippen LogP contribution < -0.4 is 0 Å². The second-order valence-corrected chi connectivity index (χ2v) is 6.07. The van der Waals surface area contributed by atoms with Crippen LogP contribution in [0.1, 0.15) is 27.7 Å². The molecule has 1 aliphatic carbocycles. The van der Waals surface area contributed by atoms with Crippen molar-refractivity contribution in [2.75, 3.05) is 13.2 Å². The molecule has 0 spiro atoms. The molecule has 3 rings (SSSR count). The number of fused-ring (bicyclic) bond motifs is 1. The summed E-state index contributed by atoms with van der Waals surface area (Å²) >= 11 is 0. The van der Waals surface area contributed by atoms with Crippen molar-refractivity contribution in [1.29, 1.82) is 0 Å². The Morgan fingerprint density at radius 3 is 1.87 bits per heavy atom. The lowest BCUT2D eigenvalue weighted by Gasteiger charge is -2.32. The zero-order valence-corrected chi connectivity index (χ0v) is 9.95. The van der Waals surface area contributed by atoms with Crippen LogP contribution in [0.4, 0.5) is 0 Å². The van der Waals surface area contributed by atoms with Crippen LogP contribution in [0.15, 0.2) is 0 Å². The van der Waals surface area contributed by atoms with Gasteiger partial charge in [-0.05, 0) is 39.5 Å². The van der Waals surface area contributed by atoms with Gasteiger partial charge in [-0.2, -0.15) is 0 Å². The first-order valence-electron chi connectivity index (χ1n) is 5.86. The summed E-state index contributed by atoms with van der Waals surface area (Å²) in [7, 11) is -0.00565. The van der Waals surface area contributed by atoms with Crippen molar-refractivity contribution in [3.05, 3.63) is 0 Å². The summed E-state index contributed by atoms with van der Waals surface area (Å²) in [6.45, 7) is 10.3. The van der Waals surface area contributed by atoms with Gasteiger partial charge in [-0.15, -0.1) is 0 Å². The van der Waals surface area contributed by atoms with Crippen molar-refractivity contribution in [3.8, 4) is 0 Å². The first-order chi connectivity index (χ1) is 6.92. The summed E-state index contributed by atoms with van der Waals surface area (Å²) in [5.74, 6) is 1.97. The van der Waals surface area contributed by atoms with Gasteiger partial charge < -0.3 is 14.0 Å². The lowest BCUT2D eigenvalue weighted by molar-refractivity contribution is 0.00578. The maximum absolute atomic E-state index is 6.05. The van der Waals surface area contributed by atoms with Crippen molar-refractivity contribution in [2.24, 2.45) is 11.8 Å². The third kappa shape index (κ3) is 1.31. The highest BCUT2D eigenvalue weighted by atomic mass is 16.7. The van der Waals surface area contributed by atoms with Gasteiger partial charge in [-0.3, -0.25) is 0 Å². The first kappa shape index (κ1) is 10.1. The van der Waals surface area contributed by atoms with Crippen molar-refractivity contribution >= 4 is 7.12 Å². The fourth-order valence-electron chi connectivity index (χ4n) is 2.73. The Morgan fingerprint density at radius 2 is 1.40 bits per heavy atom. The average molecular weight is 210 g/mol. The quantitative estimate of drug-likeness (QED) is 0.617. The van der Waals surface area contributed by atoms with Gasteiger partial charge in [0, 0.05) is 19.0 Å². The molecule has 0 N–H and O–H groups in total. The maximum atomic E-state index is 6.05. The molecule has 0 aromatic carbocycles. The summed E-state index contributed by atoms with van der Waals surface area (Å²) in [6, 6.07) is 0. The van der Waals surface area contributed by atoms with Crippen LogP contribution in [0, 0.1) is 11.8 Å². The molecule has 0 aromatic rings. The summed E-state index contributed by atoms with van der Waals surface area (Å²) in [5, 5.41) is 0. The second-order valence-electron chi connectivity index (χ2n) is 6.07. The lowest BCUT2D eigenvalue weighted by atomic mass is 9.79. The van der Waals surface area contributed by atoms with Crippen LogP contribution in [-0.2, 0) is 14.0 Å². The van der Waals surface area contributed by atoms with Gasteiger partial charge in [0.2, 0.25) is 0 Å². The second kappa shape index (κ2) is 2.79. The van der Waals surface area contributed by atoms with Gasteiger partial charge in [-0.1, -0.05) is 0 Å². The highest BCUT2D eigenvalue weighted by molar-refractivity contribution is 6.49. The Morgan fingerprint density at radius 1 is 0.933 bits per heavy atom. The fraction of sp³-hybridized carbons (Fsp3) is 1.00. The van der Waals surface area contributed by atoms with Crippen LogP contribution in [-0.4, -0.2) is 31.5 Å². The molecule has 3 nitrogen and oxygen atoms in total. The van der Waals surface area contributed by atoms with Gasteiger partial charge in [0.1, 0.15) is 0 Å². The molecule has 0 bridgehead atoms. The topological polar surface area (TPSA) is 27.7 Å². The Hall–Kier alpha value is -0.0551. The minimum absolute atomic E-state index is 0.00565. The molecule has 2 atom stereocenters. The largest absolute Gasteiger partial charge is 0.461 e. The van der Waals surface area contributed by atoms with E-state index in [-0.39, 0.29) is 18.3 Å². The highest BCUT2D eigenvalue weighted by Crippen LogP contribution is 2.60. The van der Waals surface area contributed by atoms with Crippen LogP contribution >= 0.6 is 0 Å². The van der Waals surface area contributed by atoms with Crippen molar-refractivity contribution in [1.82, 2.24) is 0 Å². The molecule has 15 heavy (non-hydrogen) atoms. The summed E-state index contributed by atoms with van der Waals surface area (Å²) in [5.41, 5.74) is -0.370. The number of rotatable bonds is 1. The van der Waals surface area contributed by atoms with Crippen LogP contribution in [0.2, 0.25) is 5.82 Å². The van der Waals surface area contributed by atoms with E-state index in [2.05, 4.69) is 27.7 Å². The number of hydrogen-bond donors (Lipinski definition) is 0. The van der Waals surface area contributed by atoms with E-state index in [1.807, 2.05) is 0 Å². The minimum atomic E-state index is -0.185. The number of hydrogen-bond acceptors (Lipinski definition) is 3. The predicted octanol–water partition coefficient (Wildman–Crippen LogP) is 1.72. The summed E-state index contributed by atoms with van der Waals surface area (Å²) in [6.07, 6.45) is 0. The predicted molar refractivity (Wildman–Crippen MR) is 57.6 cm³/mol. The molecule has 0 aromatic heterocycles. The summed E-state index contributed by atoms with van der Waals surface area (Å²) in [4.78, 5) is 0. The van der Waals surface area contributed by atoms with Crippen molar-refractivity contribution in [3.63, 3.8) is 0 Å². The van der Waals surface area contributed by atoms with Crippen LogP contribution in [0.25, 0.3) is 0 Å². The average Bonchev–Trinajstić information content (AvgIpc) is 2.47. The molecule has 3 fully saturated rings. The molecule has 84 valence electrons. The number of ether oxygens (including phenoxy) is 1. The van der Waals surface area contributed by atoms with Crippen molar-refractivity contribution < 1.29 is 14.0 Å². The molecule has 3 aliphatic rings. The Bertz CT molecular complexity index is 264. The molecule has 2 aliphatic heterocycles. The molecule has 2 saturated heterocycles. The van der Waals surface area contributed by atoms with E-state index in [0.29, 0.717) is 17.7 Å². The van der Waals surface area contributed by atoms with Gasteiger partial charge in [0.25, 0.3) is 0 Å². The van der Waals surface area contributed by atoms with E-state index >= 15 is 0 Å². The van der Waals surface area contributed by atoms with E-state index in [9.17, 15) is 0 Å². The molecule has 2 heterocycles. The maximum Gasteiger partial charge on any atom is 0.461 e. The third-order valence-corrected chi connectivity index (χ3v) is 4.60. The normalized spacial score (nSPS) is 45.6. The van der Waals surface area contributed by atoms with Crippen molar-refractivity contribution in [2.45, 2.75) is 44.7 Å². The van der Waals surface area contributed by atoms with E-state index in [0.717, 1.165) is 13.2 Å². The Balaban J connectivity index is 1.72. The molecule has 1 saturated carbocycles. The molecule has 0 amide bonds. The smallest absolute Gasteiger partial charge is 0.403 e. The SMILES string of the molecule is CC1(C)OB(C2C3COCC32)OC1(C)C. The molecule has 0 radical (unpaired) electrons. The molecule has 4 heteroatoms. The van der Waals surface area contributed by atoms with E-state index in [1.165, 1.54) is 0 Å². The monoisotopic (exact) mass is 210 g/mol. The van der Waals surface area contributed by atoms with Gasteiger partial charge in [0.05, 0.1) is 11.2 Å². The van der Waals surface area contributed by atoms with E-state index in [4.69, 9.17) is 14.0 Å². The minimum Gasteiger partial charge on any atom is -0.403 e. The standard InChI is InChI=1S/C11H19BO3/c1-10(2)11(3,4)15-12(14-10)9-7-5-13-6-8(7)9/h7-9H,5-6H2,1-4H3. The van der Waals surface area contributed by atoms with Crippen LogP contribution in [0.5, 0.6) is 0 Å². The summed E-state index contributed by atoms with van der Waals surface area (Å²) < 4.78 is 17.5. The lowest BCUT2D eigenvalue weighted by Crippen LogP contribution is -2.41. The Kier molecular flexibility index (Phi) is 1.88. The van der Waals surface area contributed by atoms with Gasteiger partial charge >= 0.3 is 7.12 Å². The zero-order chi connectivity index (χ0) is 10.8. The van der Waals surface area contributed by atoms with Gasteiger partial charge in [0.15, 0.2) is 0 Å². The van der Waals surface area contributed by atoms with E-state index in [1.54, 1.807) is 0 Å². The molecule has 2 unspecified atom stereocenters. The zero-order valence-electron chi connectivity index (χ0n) is 9.95. The van der Waals surface area contributed by atoms with Crippen LogP contribution in [0.3, 0.4) is 0 Å².